The molecular formula is C24H37F2N9O2. The van der Waals surface area contributed by atoms with E-state index in [1.165, 1.54) is 6.20 Å². The second-order valence-corrected chi connectivity index (χ2v) is 10.5. The summed E-state index contributed by atoms with van der Waals surface area (Å²) in [4.78, 5) is 36.7. The standard InChI is InChI=1S/C24H37F2N9O2/c25-15-9-30-22(31-10-15)19(21(27)28)23(36)32-18-12-29-11-17(26)20(18)34-5-1-14(2-6-34)24(37)35-8-7-33-4-3-16(35)13-33/h11-12,14-16,19,21-22,30-31H,1-10,13,27-28H2,(H,32,36). The molecule has 0 radical (unpaired) electrons. The number of rotatable bonds is 6. The smallest absolute Gasteiger partial charge is 0.233 e. The van der Waals surface area contributed by atoms with Crippen LogP contribution in [0.5, 0.6) is 0 Å². The number of nitrogens with zero attached hydrogens (tertiary/aromatic N) is 4. The van der Waals surface area contributed by atoms with E-state index in [4.69, 9.17) is 11.5 Å². The molecule has 0 aliphatic carbocycles. The quantitative estimate of drug-likeness (QED) is 0.298. The number of piperidine rings is 1. The summed E-state index contributed by atoms with van der Waals surface area (Å²) in [5.41, 5.74) is 12.2. The van der Waals surface area contributed by atoms with Crippen LogP contribution in [-0.4, -0.2) is 104 Å². The molecule has 5 rings (SSSR count). The number of anilines is 2. The van der Waals surface area contributed by atoms with Crippen molar-refractivity contribution >= 4 is 23.2 Å². The maximum absolute atomic E-state index is 15.0. The minimum absolute atomic E-state index is 0.0744. The fourth-order valence-electron chi connectivity index (χ4n) is 6.09. The fraction of sp³-hybridized carbons (Fsp3) is 0.708. The van der Waals surface area contributed by atoms with Crippen LogP contribution in [0.4, 0.5) is 20.2 Å². The van der Waals surface area contributed by atoms with E-state index < -0.39 is 36.1 Å². The van der Waals surface area contributed by atoms with E-state index in [1.54, 1.807) is 0 Å². The Morgan fingerprint density at radius 3 is 2.49 bits per heavy atom. The monoisotopic (exact) mass is 521 g/mol. The number of pyridine rings is 1. The summed E-state index contributed by atoms with van der Waals surface area (Å²) in [5.74, 6) is -1.89. The third-order valence-electron chi connectivity index (χ3n) is 8.11. The second kappa shape index (κ2) is 11.1. The van der Waals surface area contributed by atoms with E-state index in [2.05, 4.69) is 30.7 Å². The van der Waals surface area contributed by atoms with Crippen molar-refractivity contribution in [3.8, 4) is 0 Å². The van der Waals surface area contributed by atoms with Crippen LogP contribution in [0.15, 0.2) is 12.4 Å². The molecule has 7 N–H and O–H groups in total. The zero-order valence-electron chi connectivity index (χ0n) is 20.9. The summed E-state index contributed by atoms with van der Waals surface area (Å²) >= 11 is 0. The first-order valence-corrected chi connectivity index (χ1v) is 13.2. The maximum Gasteiger partial charge on any atom is 0.233 e. The van der Waals surface area contributed by atoms with E-state index in [0.717, 1.165) is 38.8 Å². The summed E-state index contributed by atoms with van der Waals surface area (Å²) in [5, 5.41) is 8.57. The van der Waals surface area contributed by atoms with Crippen LogP contribution in [0.2, 0.25) is 0 Å². The Hall–Kier alpha value is -2.45. The summed E-state index contributed by atoms with van der Waals surface area (Å²) < 4.78 is 28.6. The molecule has 0 saturated carbocycles. The Morgan fingerprint density at radius 2 is 1.78 bits per heavy atom. The van der Waals surface area contributed by atoms with Gasteiger partial charge in [0.1, 0.15) is 11.9 Å². The average Bonchev–Trinajstić information content (AvgIpc) is 3.25. The van der Waals surface area contributed by atoms with Gasteiger partial charge in [0.25, 0.3) is 0 Å². The summed E-state index contributed by atoms with van der Waals surface area (Å²) in [6.07, 6.45) is 2.02. The number of alkyl halides is 1. The Labute approximate surface area is 215 Å². The first kappa shape index (κ1) is 26.2. The lowest BCUT2D eigenvalue weighted by atomic mass is 9.93. The third-order valence-corrected chi connectivity index (χ3v) is 8.11. The first-order valence-electron chi connectivity index (χ1n) is 13.2. The molecule has 0 aromatic carbocycles. The molecule has 37 heavy (non-hydrogen) atoms. The third kappa shape index (κ3) is 5.55. The lowest BCUT2D eigenvalue weighted by Crippen LogP contribution is -2.64. The normalized spacial score (nSPS) is 29.4. The Morgan fingerprint density at radius 1 is 1.05 bits per heavy atom. The Bertz CT molecular complexity index is 983. The number of fused-ring (bicyclic) bond motifs is 2. The molecule has 1 aromatic heterocycles. The van der Waals surface area contributed by atoms with Gasteiger partial charge in [0.05, 0.1) is 36.3 Å². The van der Waals surface area contributed by atoms with E-state index >= 15 is 4.39 Å². The number of nitrogens with one attached hydrogen (secondary N) is 3. The van der Waals surface area contributed by atoms with Crippen LogP contribution >= 0.6 is 0 Å². The van der Waals surface area contributed by atoms with Crippen molar-refractivity contribution in [2.75, 3.05) is 62.6 Å². The van der Waals surface area contributed by atoms with Gasteiger partial charge in [0.2, 0.25) is 11.8 Å². The predicted octanol–water partition coefficient (Wildman–Crippen LogP) is -0.991. The van der Waals surface area contributed by atoms with Gasteiger partial charge in [-0.05, 0) is 19.3 Å². The number of hydrogen-bond acceptors (Lipinski definition) is 9. The average molecular weight is 522 g/mol. The van der Waals surface area contributed by atoms with Gasteiger partial charge in [-0.3, -0.25) is 30.1 Å². The zero-order chi connectivity index (χ0) is 26.1. The van der Waals surface area contributed by atoms with Gasteiger partial charge in [-0.2, -0.15) is 0 Å². The number of nitrogens with two attached hydrogens (primary N) is 2. The van der Waals surface area contributed by atoms with Gasteiger partial charge in [0, 0.05) is 64.3 Å². The minimum atomic E-state index is -1.08. The molecule has 3 atom stereocenters. The molecule has 2 amide bonds. The molecule has 5 heterocycles. The van der Waals surface area contributed by atoms with Crippen LogP contribution < -0.4 is 32.3 Å². The Balaban J connectivity index is 1.24. The van der Waals surface area contributed by atoms with E-state index in [9.17, 15) is 14.0 Å². The number of halogens is 2. The Kier molecular flexibility index (Phi) is 7.86. The van der Waals surface area contributed by atoms with Gasteiger partial charge < -0.3 is 26.6 Å². The highest BCUT2D eigenvalue weighted by Crippen LogP contribution is 2.33. The number of aromatic nitrogens is 1. The van der Waals surface area contributed by atoms with E-state index in [1.807, 2.05) is 4.90 Å². The molecule has 204 valence electrons. The van der Waals surface area contributed by atoms with E-state index in [0.29, 0.717) is 32.0 Å². The fourth-order valence-corrected chi connectivity index (χ4v) is 6.09. The number of piperazine rings is 1. The largest absolute Gasteiger partial charge is 0.367 e. The molecule has 2 bridgehead atoms. The molecule has 4 fully saturated rings. The SMILES string of the molecule is NC(N)C(C(=O)Nc1cncc(F)c1N1CCC(C(=O)N2CCN3CCC2C3)CC1)C1NCC(F)CN1. The summed E-state index contributed by atoms with van der Waals surface area (Å²) in [7, 11) is 0. The summed E-state index contributed by atoms with van der Waals surface area (Å²) in [6, 6.07) is 0.310. The number of carbonyl (C=O) groups is 2. The van der Waals surface area contributed by atoms with Crippen molar-refractivity contribution in [2.45, 2.75) is 43.8 Å². The highest BCUT2D eigenvalue weighted by atomic mass is 19.1. The molecular weight excluding hydrogens is 484 g/mol. The van der Waals surface area contributed by atoms with Crippen molar-refractivity contribution < 1.29 is 18.4 Å². The molecule has 3 unspecified atom stereocenters. The zero-order valence-corrected chi connectivity index (χ0v) is 20.9. The molecule has 1 aromatic rings. The summed E-state index contributed by atoms with van der Waals surface area (Å²) in [6.45, 7) is 4.84. The topological polar surface area (TPSA) is 145 Å². The molecule has 4 aliphatic rings. The molecule has 13 heteroatoms. The number of hydrogen-bond donors (Lipinski definition) is 5. The van der Waals surface area contributed by atoms with Gasteiger partial charge in [0.15, 0.2) is 5.82 Å². The molecule has 0 spiro atoms. The van der Waals surface area contributed by atoms with Crippen LogP contribution in [0.3, 0.4) is 0 Å². The van der Waals surface area contributed by atoms with Crippen LogP contribution in [0.25, 0.3) is 0 Å². The highest BCUT2D eigenvalue weighted by Gasteiger charge is 2.39. The molecule has 4 aliphatic heterocycles. The second-order valence-electron chi connectivity index (χ2n) is 10.5. The van der Waals surface area contributed by atoms with Gasteiger partial charge >= 0.3 is 0 Å². The van der Waals surface area contributed by atoms with Crippen LogP contribution in [0, 0.1) is 17.7 Å². The lowest BCUT2D eigenvalue weighted by molar-refractivity contribution is -0.139. The predicted molar refractivity (Wildman–Crippen MR) is 135 cm³/mol. The van der Waals surface area contributed by atoms with Crippen LogP contribution in [0.1, 0.15) is 19.3 Å². The van der Waals surface area contributed by atoms with Crippen molar-refractivity contribution in [3.05, 3.63) is 18.2 Å². The van der Waals surface area contributed by atoms with Crippen molar-refractivity contribution in [1.82, 2.24) is 25.4 Å². The molecule has 4 saturated heterocycles. The number of amides is 2. The van der Waals surface area contributed by atoms with Crippen LogP contribution in [-0.2, 0) is 9.59 Å². The van der Waals surface area contributed by atoms with Crippen molar-refractivity contribution in [3.63, 3.8) is 0 Å². The minimum Gasteiger partial charge on any atom is -0.367 e. The maximum atomic E-state index is 15.0. The number of carbonyl (C=O) groups excluding carboxylic acids is 2. The van der Waals surface area contributed by atoms with Gasteiger partial charge in [-0.25, -0.2) is 8.78 Å². The van der Waals surface area contributed by atoms with Gasteiger partial charge in [-0.15, -0.1) is 0 Å². The van der Waals surface area contributed by atoms with Crippen molar-refractivity contribution in [1.29, 1.82) is 0 Å². The molecule has 11 nitrogen and oxygen atoms in total. The van der Waals surface area contributed by atoms with Gasteiger partial charge in [-0.1, -0.05) is 0 Å². The van der Waals surface area contributed by atoms with E-state index in [-0.39, 0.29) is 36.3 Å². The lowest BCUT2D eigenvalue weighted by Gasteiger charge is -2.40. The van der Waals surface area contributed by atoms with Crippen molar-refractivity contribution in [2.24, 2.45) is 23.3 Å². The highest BCUT2D eigenvalue weighted by molar-refractivity contribution is 5.96. The first-order chi connectivity index (χ1) is 17.8.